The molecule has 0 aromatic carbocycles. The Labute approximate surface area is 67.8 Å². The number of Topliss-reactive ketones (excluding diaryl/α,β-unsaturated/α-hetero) is 1. The molecule has 1 heterocycles. The zero-order valence-corrected chi connectivity index (χ0v) is 6.69. The molecule has 1 aromatic rings. The Balaban J connectivity index is 3.00. The molecule has 0 aliphatic rings. The Morgan fingerprint density at radius 2 is 2.25 bits per heavy atom. The summed E-state index contributed by atoms with van der Waals surface area (Å²) in [6.07, 6.45) is 0. The lowest BCUT2D eigenvalue weighted by Gasteiger charge is -2.03. The summed E-state index contributed by atoms with van der Waals surface area (Å²) >= 11 is 0. The van der Waals surface area contributed by atoms with Crippen LogP contribution in [0.4, 0.5) is 8.78 Å². The Morgan fingerprint density at radius 1 is 1.67 bits per heavy atom. The molecule has 0 spiro atoms. The number of hydrogen-bond acceptors (Lipinski definition) is 2. The van der Waals surface area contributed by atoms with E-state index in [-0.39, 0.29) is 11.5 Å². The lowest BCUT2D eigenvalue weighted by molar-refractivity contribution is 0.0127. The smallest absolute Gasteiger partial charge is 0.288 e. The molecule has 0 saturated carbocycles. The van der Waals surface area contributed by atoms with Gasteiger partial charge in [-0.25, -0.2) is 0 Å². The van der Waals surface area contributed by atoms with E-state index in [9.17, 15) is 13.6 Å². The largest absolute Gasteiger partial charge is 0.293 e. The number of halogens is 2. The van der Waals surface area contributed by atoms with Crippen LogP contribution in [0.5, 0.6) is 0 Å². The van der Waals surface area contributed by atoms with E-state index in [0.29, 0.717) is 0 Å². The summed E-state index contributed by atoms with van der Waals surface area (Å²) in [7, 11) is 0. The van der Waals surface area contributed by atoms with Crippen LogP contribution >= 0.6 is 0 Å². The van der Waals surface area contributed by atoms with Crippen molar-refractivity contribution in [2.24, 2.45) is 0 Å². The average molecular weight is 174 g/mol. The van der Waals surface area contributed by atoms with Crippen molar-refractivity contribution < 1.29 is 13.6 Å². The summed E-state index contributed by atoms with van der Waals surface area (Å²) in [4.78, 5) is 10.7. The number of nitrogens with zero attached hydrogens (tertiary/aromatic N) is 1. The van der Waals surface area contributed by atoms with E-state index >= 15 is 0 Å². The van der Waals surface area contributed by atoms with E-state index in [1.807, 2.05) is 0 Å². The molecule has 0 saturated heterocycles. The summed E-state index contributed by atoms with van der Waals surface area (Å²) in [6, 6.07) is 1.06. The second kappa shape index (κ2) is 2.66. The van der Waals surface area contributed by atoms with Gasteiger partial charge in [0.25, 0.3) is 5.92 Å². The van der Waals surface area contributed by atoms with Gasteiger partial charge in [-0.1, -0.05) is 0 Å². The number of nitrogens with one attached hydrogen (secondary N) is 1. The van der Waals surface area contributed by atoms with Crippen LogP contribution in [0.2, 0.25) is 0 Å². The second-order valence-electron chi connectivity index (χ2n) is 2.61. The van der Waals surface area contributed by atoms with E-state index in [1.54, 1.807) is 0 Å². The van der Waals surface area contributed by atoms with Crippen molar-refractivity contribution in [2.45, 2.75) is 19.8 Å². The molecule has 0 amide bonds. The van der Waals surface area contributed by atoms with Gasteiger partial charge in [-0.3, -0.25) is 9.89 Å². The second-order valence-corrected chi connectivity index (χ2v) is 2.61. The van der Waals surface area contributed by atoms with Crippen molar-refractivity contribution in [3.8, 4) is 0 Å². The minimum Gasteiger partial charge on any atom is -0.293 e. The molecule has 0 atom stereocenters. The average Bonchev–Trinajstić information content (AvgIpc) is 2.30. The number of alkyl halides is 2. The fourth-order valence-electron chi connectivity index (χ4n) is 0.727. The predicted octanol–water partition coefficient (Wildman–Crippen LogP) is 1.72. The van der Waals surface area contributed by atoms with Crippen LogP contribution < -0.4 is 0 Å². The van der Waals surface area contributed by atoms with Crippen molar-refractivity contribution in [3.05, 3.63) is 17.5 Å². The first-order valence-electron chi connectivity index (χ1n) is 3.36. The summed E-state index contributed by atoms with van der Waals surface area (Å²) < 4.78 is 25.1. The van der Waals surface area contributed by atoms with Crippen molar-refractivity contribution in [3.63, 3.8) is 0 Å². The predicted molar refractivity (Wildman–Crippen MR) is 38.2 cm³/mol. The lowest BCUT2D eigenvalue weighted by Crippen LogP contribution is -2.07. The molecule has 0 aliphatic heterocycles. The molecule has 0 aliphatic carbocycles. The van der Waals surface area contributed by atoms with Crippen LogP contribution in [0.3, 0.4) is 0 Å². The highest BCUT2D eigenvalue weighted by Crippen LogP contribution is 2.25. The van der Waals surface area contributed by atoms with Crippen LogP contribution in [0.1, 0.15) is 30.0 Å². The third kappa shape index (κ3) is 1.66. The number of carbonyl (C=O) groups excluding carboxylic acids is 1. The van der Waals surface area contributed by atoms with Crippen molar-refractivity contribution >= 4 is 5.78 Å². The third-order valence-electron chi connectivity index (χ3n) is 1.41. The summed E-state index contributed by atoms with van der Waals surface area (Å²) in [5.74, 6) is -3.30. The quantitative estimate of drug-likeness (QED) is 0.694. The van der Waals surface area contributed by atoms with Crippen LogP contribution in [0.15, 0.2) is 6.07 Å². The molecular formula is C7H8F2N2O. The van der Waals surface area contributed by atoms with Crippen molar-refractivity contribution in [1.82, 2.24) is 10.2 Å². The van der Waals surface area contributed by atoms with Gasteiger partial charge in [0.2, 0.25) is 0 Å². The van der Waals surface area contributed by atoms with E-state index < -0.39 is 11.6 Å². The van der Waals surface area contributed by atoms with Crippen molar-refractivity contribution in [2.75, 3.05) is 0 Å². The normalized spacial score (nSPS) is 11.7. The van der Waals surface area contributed by atoms with E-state index in [0.717, 1.165) is 13.0 Å². The summed E-state index contributed by atoms with van der Waals surface area (Å²) in [5.41, 5.74) is -0.306. The van der Waals surface area contributed by atoms with Crippen LogP contribution in [-0.4, -0.2) is 16.0 Å². The first-order valence-corrected chi connectivity index (χ1v) is 3.36. The number of carbonyl (C=O) groups is 1. The summed E-state index contributed by atoms with van der Waals surface area (Å²) in [6.45, 7) is 2.01. The third-order valence-corrected chi connectivity index (χ3v) is 1.41. The Morgan fingerprint density at radius 3 is 2.50 bits per heavy atom. The summed E-state index contributed by atoms with van der Waals surface area (Å²) in [5, 5.41) is 5.55. The zero-order valence-electron chi connectivity index (χ0n) is 6.69. The maximum atomic E-state index is 12.5. The molecule has 1 rings (SSSR count). The van der Waals surface area contributed by atoms with Crippen LogP contribution in [0.25, 0.3) is 0 Å². The van der Waals surface area contributed by atoms with Gasteiger partial charge in [0.1, 0.15) is 11.4 Å². The van der Waals surface area contributed by atoms with Gasteiger partial charge in [-0.05, 0) is 6.07 Å². The highest BCUT2D eigenvalue weighted by molar-refractivity contribution is 5.92. The minimum absolute atomic E-state index is 0.103. The highest BCUT2D eigenvalue weighted by atomic mass is 19.3. The van der Waals surface area contributed by atoms with Gasteiger partial charge in [0.05, 0.1) is 0 Å². The van der Waals surface area contributed by atoms with Gasteiger partial charge in [0, 0.05) is 13.8 Å². The van der Waals surface area contributed by atoms with E-state index in [4.69, 9.17) is 0 Å². The lowest BCUT2D eigenvalue weighted by atomic mass is 10.2. The van der Waals surface area contributed by atoms with Crippen LogP contribution in [-0.2, 0) is 5.92 Å². The standard InChI is InChI=1S/C7H8F2N2O/c1-4(12)5-3-6(11-10-5)7(2,8)9/h3H,1-2H3,(H,10,11). The molecule has 0 radical (unpaired) electrons. The van der Waals surface area contributed by atoms with Gasteiger partial charge in [-0.15, -0.1) is 0 Å². The molecule has 5 heteroatoms. The first kappa shape index (κ1) is 8.83. The zero-order chi connectivity index (χ0) is 9.35. The van der Waals surface area contributed by atoms with E-state index in [2.05, 4.69) is 10.2 Å². The fraction of sp³-hybridized carbons (Fsp3) is 0.429. The van der Waals surface area contributed by atoms with Gasteiger partial charge in [-0.2, -0.15) is 13.9 Å². The van der Waals surface area contributed by atoms with E-state index in [1.165, 1.54) is 6.92 Å². The Kier molecular flexibility index (Phi) is 1.95. The minimum atomic E-state index is -3.00. The van der Waals surface area contributed by atoms with Crippen LogP contribution in [0, 0.1) is 0 Å². The van der Waals surface area contributed by atoms with Gasteiger partial charge < -0.3 is 0 Å². The van der Waals surface area contributed by atoms with Gasteiger partial charge >= 0.3 is 0 Å². The monoisotopic (exact) mass is 174 g/mol. The molecule has 1 N–H and O–H groups in total. The molecule has 12 heavy (non-hydrogen) atoms. The first-order chi connectivity index (χ1) is 5.41. The maximum Gasteiger partial charge on any atom is 0.288 e. The number of ketones is 1. The maximum absolute atomic E-state index is 12.5. The van der Waals surface area contributed by atoms with Gasteiger partial charge in [0.15, 0.2) is 5.78 Å². The molecule has 0 fully saturated rings. The molecule has 1 aromatic heterocycles. The Bertz CT molecular complexity index is 301. The number of hydrogen-bond donors (Lipinski definition) is 1. The highest BCUT2D eigenvalue weighted by Gasteiger charge is 2.28. The number of aromatic amines is 1. The molecule has 0 bridgehead atoms. The number of rotatable bonds is 2. The number of H-pyrrole nitrogens is 1. The fourth-order valence-corrected chi connectivity index (χ4v) is 0.727. The Hall–Kier alpha value is -1.26. The molecule has 3 nitrogen and oxygen atoms in total. The number of aromatic nitrogens is 2. The molecule has 66 valence electrons. The molecular weight excluding hydrogens is 166 g/mol. The topological polar surface area (TPSA) is 45.8 Å². The SMILES string of the molecule is CC(=O)c1cc(C(C)(F)F)n[nH]1. The molecule has 0 unspecified atom stereocenters. The van der Waals surface area contributed by atoms with Crippen molar-refractivity contribution in [1.29, 1.82) is 0 Å².